The second-order valence-corrected chi connectivity index (χ2v) is 5.79. The molecule has 5 heteroatoms. The molecule has 114 valence electrons. The molecule has 1 aliphatic carbocycles. The molecule has 0 saturated carbocycles. The van der Waals surface area contributed by atoms with E-state index in [1.165, 1.54) is 11.3 Å². The molecule has 1 heterocycles. The summed E-state index contributed by atoms with van der Waals surface area (Å²) in [7, 11) is 0. The fourth-order valence-electron chi connectivity index (χ4n) is 3.29. The topological polar surface area (TPSA) is 93.6 Å². The van der Waals surface area contributed by atoms with Gasteiger partial charge in [-0.05, 0) is 37.9 Å². The second-order valence-electron chi connectivity index (χ2n) is 5.79. The molecule has 5 nitrogen and oxygen atoms in total. The van der Waals surface area contributed by atoms with Gasteiger partial charge in [0.15, 0.2) is 0 Å². The van der Waals surface area contributed by atoms with Crippen molar-refractivity contribution in [2.45, 2.75) is 38.1 Å². The van der Waals surface area contributed by atoms with Crippen LogP contribution in [0.4, 0.5) is 5.69 Å². The van der Waals surface area contributed by atoms with Crippen LogP contribution >= 0.6 is 0 Å². The van der Waals surface area contributed by atoms with E-state index in [-0.39, 0.29) is 0 Å². The first kappa shape index (κ1) is 14.6. The van der Waals surface area contributed by atoms with Gasteiger partial charge in [0.2, 0.25) is 0 Å². The lowest BCUT2D eigenvalue weighted by Crippen LogP contribution is -2.19. The minimum absolute atomic E-state index is 0.354. The highest BCUT2D eigenvalue weighted by molar-refractivity contribution is 5.67. The number of hydrogen-bond acceptors (Lipinski definition) is 4. The number of rotatable bonds is 4. The number of aryl methyl sites for hydroxylation is 1. The van der Waals surface area contributed by atoms with Crippen LogP contribution in [0.15, 0.2) is 24.3 Å². The first-order chi connectivity index (χ1) is 10.7. The molecule has 1 atom stereocenters. The van der Waals surface area contributed by atoms with Gasteiger partial charge in [0, 0.05) is 28.4 Å². The molecule has 0 amide bonds. The van der Waals surface area contributed by atoms with Crippen LogP contribution in [-0.2, 0) is 13.0 Å². The summed E-state index contributed by atoms with van der Waals surface area (Å²) in [4.78, 5) is 0. The summed E-state index contributed by atoms with van der Waals surface area (Å²) in [5, 5.41) is 13.7. The van der Waals surface area contributed by atoms with E-state index in [9.17, 15) is 0 Å². The smallest absolute Gasteiger partial charge is 0.0961 e. The fourth-order valence-corrected chi connectivity index (χ4v) is 3.29. The molecular weight excluding hydrogens is 274 g/mol. The SMILES string of the molecule is N#CCCn1nc(-c2ccc(N)cc2)c2c1CCCC2CN. The second kappa shape index (κ2) is 6.20. The maximum atomic E-state index is 8.86. The van der Waals surface area contributed by atoms with E-state index in [1.807, 2.05) is 28.9 Å². The van der Waals surface area contributed by atoms with Gasteiger partial charge in [0.05, 0.1) is 24.7 Å². The van der Waals surface area contributed by atoms with Crippen LogP contribution in [0.1, 0.15) is 36.4 Å². The van der Waals surface area contributed by atoms with Crippen LogP contribution in [0.25, 0.3) is 11.3 Å². The number of aromatic nitrogens is 2. The van der Waals surface area contributed by atoms with Gasteiger partial charge in [-0.3, -0.25) is 4.68 Å². The van der Waals surface area contributed by atoms with Crippen molar-refractivity contribution in [3.05, 3.63) is 35.5 Å². The Kier molecular flexibility index (Phi) is 4.12. The third-order valence-electron chi connectivity index (χ3n) is 4.38. The molecule has 1 aromatic heterocycles. The van der Waals surface area contributed by atoms with E-state index in [1.54, 1.807) is 0 Å². The van der Waals surface area contributed by atoms with Gasteiger partial charge in [0.25, 0.3) is 0 Å². The van der Waals surface area contributed by atoms with Crippen LogP contribution in [0.2, 0.25) is 0 Å². The molecule has 0 bridgehead atoms. The van der Waals surface area contributed by atoms with Gasteiger partial charge < -0.3 is 11.5 Å². The Bertz CT molecular complexity index is 693. The number of nitrogens with zero attached hydrogens (tertiary/aromatic N) is 3. The Morgan fingerprint density at radius 2 is 2.09 bits per heavy atom. The van der Waals surface area contributed by atoms with Gasteiger partial charge in [0.1, 0.15) is 0 Å². The van der Waals surface area contributed by atoms with E-state index >= 15 is 0 Å². The summed E-state index contributed by atoms with van der Waals surface area (Å²) in [6.45, 7) is 1.28. The van der Waals surface area contributed by atoms with Crippen molar-refractivity contribution in [3.8, 4) is 17.3 Å². The molecule has 1 aliphatic rings. The van der Waals surface area contributed by atoms with Gasteiger partial charge in [-0.2, -0.15) is 10.4 Å². The van der Waals surface area contributed by atoms with Crippen LogP contribution in [0.3, 0.4) is 0 Å². The first-order valence-electron chi connectivity index (χ1n) is 7.77. The molecule has 1 unspecified atom stereocenters. The minimum Gasteiger partial charge on any atom is -0.399 e. The van der Waals surface area contributed by atoms with Gasteiger partial charge >= 0.3 is 0 Å². The summed E-state index contributed by atoms with van der Waals surface area (Å²) in [5.74, 6) is 0.354. The zero-order chi connectivity index (χ0) is 15.5. The predicted molar refractivity (Wildman–Crippen MR) is 87.0 cm³/mol. The van der Waals surface area contributed by atoms with Crippen molar-refractivity contribution in [2.24, 2.45) is 5.73 Å². The lowest BCUT2D eigenvalue weighted by Gasteiger charge is -2.22. The highest BCUT2D eigenvalue weighted by Crippen LogP contribution is 2.38. The zero-order valence-corrected chi connectivity index (χ0v) is 12.6. The number of nitrogen functional groups attached to an aromatic ring is 1. The molecule has 1 aromatic carbocycles. The lowest BCUT2D eigenvalue weighted by molar-refractivity contribution is 0.520. The predicted octanol–water partition coefficient (Wildman–Crippen LogP) is 2.42. The molecule has 22 heavy (non-hydrogen) atoms. The number of hydrogen-bond donors (Lipinski definition) is 2. The van der Waals surface area contributed by atoms with Crippen LogP contribution in [-0.4, -0.2) is 16.3 Å². The first-order valence-corrected chi connectivity index (χ1v) is 7.77. The van der Waals surface area contributed by atoms with E-state index in [0.29, 0.717) is 25.4 Å². The van der Waals surface area contributed by atoms with Crippen molar-refractivity contribution in [3.63, 3.8) is 0 Å². The van der Waals surface area contributed by atoms with Gasteiger partial charge in [-0.25, -0.2) is 0 Å². The van der Waals surface area contributed by atoms with Crippen molar-refractivity contribution in [1.29, 1.82) is 5.26 Å². The third-order valence-corrected chi connectivity index (χ3v) is 4.38. The fraction of sp³-hybridized carbons (Fsp3) is 0.412. The Balaban J connectivity index is 2.10. The summed E-state index contributed by atoms with van der Waals surface area (Å²) in [6, 6.07) is 10.0. The third kappa shape index (κ3) is 2.58. The summed E-state index contributed by atoms with van der Waals surface area (Å²) in [6.07, 6.45) is 3.73. The molecule has 0 saturated heterocycles. The maximum absolute atomic E-state index is 8.86. The molecule has 0 aliphatic heterocycles. The van der Waals surface area contributed by atoms with E-state index in [0.717, 1.165) is 36.2 Å². The minimum atomic E-state index is 0.354. The van der Waals surface area contributed by atoms with Crippen molar-refractivity contribution in [2.75, 3.05) is 12.3 Å². The number of nitrogens with two attached hydrogens (primary N) is 2. The normalized spacial score (nSPS) is 17.0. The molecule has 3 rings (SSSR count). The van der Waals surface area contributed by atoms with E-state index < -0.39 is 0 Å². The Hall–Kier alpha value is -2.32. The monoisotopic (exact) mass is 295 g/mol. The average Bonchev–Trinajstić information content (AvgIpc) is 2.92. The number of benzene rings is 1. The van der Waals surface area contributed by atoms with Gasteiger partial charge in [-0.1, -0.05) is 12.1 Å². The molecule has 0 spiro atoms. The summed E-state index contributed by atoms with van der Waals surface area (Å²) >= 11 is 0. The van der Waals surface area contributed by atoms with Crippen molar-refractivity contribution >= 4 is 5.69 Å². The Labute approximate surface area is 130 Å². The molecule has 0 radical (unpaired) electrons. The molecule has 0 fully saturated rings. The molecular formula is C17H21N5. The highest BCUT2D eigenvalue weighted by Gasteiger charge is 2.28. The number of nitriles is 1. The highest BCUT2D eigenvalue weighted by atomic mass is 15.3. The average molecular weight is 295 g/mol. The van der Waals surface area contributed by atoms with E-state index in [2.05, 4.69) is 6.07 Å². The lowest BCUT2D eigenvalue weighted by atomic mass is 9.84. The molecule has 4 N–H and O–H groups in total. The van der Waals surface area contributed by atoms with E-state index in [4.69, 9.17) is 21.8 Å². The summed E-state index contributed by atoms with van der Waals surface area (Å²) in [5.41, 5.74) is 17.1. The van der Waals surface area contributed by atoms with Gasteiger partial charge in [-0.15, -0.1) is 0 Å². The Morgan fingerprint density at radius 3 is 2.77 bits per heavy atom. The summed E-state index contributed by atoms with van der Waals surface area (Å²) < 4.78 is 2.01. The molecule has 2 aromatic rings. The zero-order valence-electron chi connectivity index (χ0n) is 12.6. The number of anilines is 1. The van der Waals surface area contributed by atoms with Crippen molar-refractivity contribution in [1.82, 2.24) is 9.78 Å². The largest absolute Gasteiger partial charge is 0.399 e. The van der Waals surface area contributed by atoms with Crippen LogP contribution in [0.5, 0.6) is 0 Å². The van der Waals surface area contributed by atoms with Crippen molar-refractivity contribution < 1.29 is 0 Å². The quantitative estimate of drug-likeness (QED) is 0.847. The maximum Gasteiger partial charge on any atom is 0.0961 e. The Morgan fingerprint density at radius 1 is 1.32 bits per heavy atom. The van der Waals surface area contributed by atoms with Crippen LogP contribution < -0.4 is 11.5 Å². The van der Waals surface area contributed by atoms with Crippen LogP contribution in [0, 0.1) is 11.3 Å². The standard InChI is InChI=1S/C17H21N5/c18-9-2-10-22-15-4-1-3-13(11-19)16(15)17(21-22)12-5-7-14(20)8-6-12/h5-8,13H,1-4,10-11,19-20H2. The number of fused-ring (bicyclic) bond motifs is 1.